The minimum Gasteiger partial charge on any atom is -0.478 e. The zero-order valence-corrected chi connectivity index (χ0v) is 10.4. The molecule has 1 aromatic rings. The van der Waals surface area contributed by atoms with Crippen LogP contribution in [0.3, 0.4) is 0 Å². The molecule has 1 amide bonds. The molecule has 1 atom stereocenters. The molecule has 1 aliphatic rings. The first-order valence-corrected chi connectivity index (χ1v) is 5.80. The molecule has 1 fully saturated rings. The molecule has 0 spiro atoms. The Balaban J connectivity index is 2.62. The highest BCUT2D eigenvalue weighted by molar-refractivity contribution is 5.90. The average Bonchev–Trinajstić information content (AvgIpc) is 2.78. The molecule has 2 rings (SSSR count). The maximum atomic E-state index is 14.2. The number of carbonyl (C=O) groups excluding carboxylic acids is 1. The van der Waals surface area contributed by atoms with Gasteiger partial charge in [-0.05, 0) is 31.0 Å². The highest BCUT2D eigenvalue weighted by Gasteiger charge is 2.45. The fourth-order valence-electron chi connectivity index (χ4n) is 2.55. The first-order valence-electron chi connectivity index (χ1n) is 5.80. The SMILES string of the molecule is Cc1cc(C(=O)O)cc(F)c1C1(C(N)=O)CCOC1. The lowest BCUT2D eigenvalue weighted by Crippen LogP contribution is -2.43. The lowest BCUT2D eigenvalue weighted by atomic mass is 9.76. The molecular formula is C13H14FNO4. The molecule has 0 bridgehead atoms. The molecule has 1 unspecified atom stereocenters. The Morgan fingerprint density at radius 3 is 2.58 bits per heavy atom. The number of primary amides is 1. The Morgan fingerprint density at radius 1 is 1.47 bits per heavy atom. The number of hydrogen-bond acceptors (Lipinski definition) is 3. The molecule has 0 saturated carbocycles. The maximum absolute atomic E-state index is 14.2. The molecular weight excluding hydrogens is 253 g/mol. The molecule has 1 saturated heterocycles. The lowest BCUT2D eigenvalue weighted by Gasteiger charge is -2.26. The summed E-state index contributed by atoms with van der Waals surface area (Å²) >= 11 is 0. The minimum atomic E-state index is -1.22. The topological polar surface area (TPSA) is 89.6 Å². The van der Waals surface area contributed by atoms with Gasteiger partial charge in [0.25, 0.3) is 0 Å². The normalized spacial score (nSPS) is 22.4. The van der Waals surface area contributed by atoms with E-state index in [0.29, 0.717) is 18.6 Å². The molecule has 0 aromatic heterocycles. The van der Waals surface area contributed by atoms with Crippen molar-refractivity contribution in [3.63, 3.8) is 0 Å². The molecule has 0 radical (unpaired) electrons. The van der Waals surface area contributed by atoms with Crippen molar-refractivity contribution in [1.82, 2.24) is 0 Å². The Labute approximate surface area is 109 Å². The summed E-state index contributed by atoms with van der Waals surface area (Å²) < 4.78 is 19.4. The van der Waals surface area contributed by atoms with Gasteiger partial charge in [-0.3, -0.25) is 4.79 Å². The summed E-state index contributed by atoms with van der Waals surface area (Å²) in [4.78, 5) is 22.6. The van der Waals surface area contributed by atoms with Crippen LogP contribution in [0.5, 0.6) is 0 Å². The number of carboxylic acid groups (broad SMARTS) is 1. The second kappa shape index (κ2) is 4.62. The third kappa shape index (κ3) is 2.08. The van der Waals surface area contributed by atoms with E-state index in [4.69, 9.17) is 15.6 Å². The monoisotopic (exact) mass is 267 g/mol. The van der Waals surface area contributed by atoms with E-state index in [-0.39, 0.29) is 17.7 Å². The number of carbonyl (C=O) groups is 2. The Hall–Kier alpha value is -1.95. The van der Waals surface area contributed by atoms with Gasteiger partial charge in [0.2, 0.25) is 5.91 Å². The van der Waals surface area contributed by atoms with Gasteiger partial charge >= 0.3 is 5.97 Å². The molecule has 1 aliphatic heterocycles. The number of carboxylic acids is 1. The lowest BCUT2D eigenvalue weighted by molar-refractivity contribution is -0.123. The largest absolute Gasteiger partial charge is 0.478 e. The quantitative estimate of drug-likeness (QED) is 0.854. The maximum Gasteiger partial charge on any atom is 0.335 e. The second-order valence-electron chi connectivity index (χ2n) is 4.70. The molecule has 1 aromatic carbocycles. The van der Waals surface area contributed by atoms with Crippen molar-refractivity contribution in [3.05, 3.63) is 34.6 Å². The zero-order chi connectivity index (χ0) is 14.2. The fourth-order valence-corrected chi connectivity index (χ4v) is 2.55. The van der Waals surface area contributed by atoms with Crippen molar-refractivity contribution in [2.75, 3.05) is 13.2 Å². The summed E-state index contributed by atoms with van der Waals surface area (Å²) in [7, 11) is 0. The summed E-state index contributed by atoms with van der Waals surface area (Å²) in [5, 5.41) is 8.88. The number of hydrogen-bond donors (Lipinski definition) is 2. The van der Waals surface area contributed by atoms with Crippen molar-refractivity contribution in [1.29, 1.82) is 0 Å². The van der Waals surface area contributed by atoms with Gasteiger partial charge in [0, 0.05) is 12.2 Å². The summed E-state index contributed by atoms with van der Waals surface area (Å²) in [6.07, 6.45) is 0.298. The van der Waals surface area contributed by atoms with Crippen LogP contribution in [0, 0.1) is 12.7 Å². The predicted molar refractivity (Wildman–Crippen MR) is 64.4 cm³/mol. The summed E-state index contributed by atoms with van der Waals surface area (Å²) in [6, 6.07) is 2.25. The number of ether oxygens (including phenoxy) is 1. The molecule has 19 heavy (non-hydrogen) atoms. The third-order valence-corrected chi connectivity index (χ3v) is 3.51. The summed E-state index contributed by atoms with van der Waals surface area (Å²) in [6.45, 7) is 1.91. The van der Waals surface area contributed by atoms with E-state index in [2.05, 4.69) is 0 Å². The smallest absolute Gasteiger partial charge is 0.335 e. The van der Waals surface area contributed by atoms with E-state index >= 15 is 0 Å². The standard InChI is InChI=1S/C13H14FNO4/c1-7-4-8(11(16)17)5-9(14)10(7)13(12(15)18)2-3-19-6-13/h4-5H,2-3,6H2,1H3,(H2,15,18)(H,16,17). The van der Waals surface area contributed by atoms with Gasteiger partial charge in [-0.2, -0.15) is 0 Å². The number of halogens is 1. The van der Waals surface area contributed by atoms with Gasteiger partial charge in [-0.25, -0.2) is 9.18 Å². The molecule has 102 valence electrons. The van der Waals surface area contributed by atoms with E-state index in [1.807, 2.05) is 0 Å². The zero-order valence-electron chi connectivity index (χ0n) is 10.4. The van der Waals surface area contributed by atoms with Crippen LogP contribution in [-0.2, 0) is 14.9 Å². The number of amides is 1. The predicted octanol–water partition coefficient (Wildman–Crippen LogP) is 0.976. The van der Waals surface area contributed by atoms with E-state index in [9.17, 15) is 14.0 Å². The van der Waals surface area contributed by atoms with Crippen LogP contribution < -0.4 is 5.73 Å². The van der Waals surface area contributed by atoms with E-state index in [1.165, 1.54) is 6.07 Å². The van der Waals surface area contributed by atoms with Gasteiger partial charge in [0.05, 0.1) is 12.2 Å². The van der Waals surface area contributed by atoms with Crippen LogP contribution in [0.15, 0.2) is 12.1 Å². The van der Waals surface area contributed by atoms with Crippen LogP contribution in [0.2, 0.25) is 0 Å². The molecule has 0 aliphatic carbocycles. The van der Waals surface area contributed by atoms with Crippen LogP contribution >= 0.6 is 0 Å². The van der Waals surface area contributed by atoms with Crippen LogP contribution in [-0.4, -0.2) is 30.2 Å². The molecule has 6 heteroatoms. The highest BCUT2D eigenvalue weighted by atomic mass is 19.1. The first kappa shape index (κ1) is 13.5. The van der Waals surface area contributed by atoms with Crippen molar-refractivity contribution in [3.8, 4) is 0 Å². The highest BCUT2D eigenvalue weighted by Crippen LogP contribution is 2.37. The van der Waals surface area contributed by atoms with Crippen LogP contribution in [0.25, 0.3) is 0 Å². The molecule has 1 heterocycles. The van der Waals surface area contributed by atoms with Crippen molar-refractivity contribution in [2.24, 2.45) is 5.73 Å². The Kier molecular flexibility index (Phi) is 3.28. The second-order valence-corrected chi connectivity index (χ2v) is 4.70. The van der Waals surface area contributed by atoms with Gasteiger partial charge in [0.15, 0.2) is 0 Å². The van der Waals surface area contributed by atoms with Crippen LogP contribution in [0.1, 0.15) is 27.9 Å². The van der Waals surface area contributed by atoms with E-state index < -0.39 is 23.1 Å². The first-order chi connectivity index (χ1) is 8.88. The summed E-state index contributed by atoms with van der Waals surface area (Å²) in [5.41, 5.74) is 4.57. The third-order valence-electron chi connectivity index (χ3n) is 3.51. The van der Waals surface area contributed by atoms with E-state index in [1.54, 1.807) is 6.92 Å². The number of aromatic carboxylic acids is 1. The fraction of sp³-hybridized carbons (Fsp3) is 0.385. The van der Waals surface area contributed by atoms with Crippen molar-refractivity contribution in [2.45, 2.75) is 18.8 Å². The summed E-state index contributed by atoms with van der Waals surface area (Å²) in [5.74, 6) is -2.61. The van der Waals surface area contributed by atoms with Crippen molar-refractivity contribution >= 4 is 11.9 Å². The van der Waals surface area contributed by atoms with Gasteiger partial charge in [0.1, 0.15) is 11.2 Å². The average molecular weight is 267 g/mol. The van der Waals surface area contributed by atoms with Gasteiger partial charge in [-0.15, -0.1) is 0 Å². The number of benzene rings is 1. The van der Waals surface area contributed by atoms with Gasteiger partial charge < -0.3 is 15.6 Å². The van der Waals surface area contributed by atoms with Crippen LogP contribution in [0.4, 0.5) is 4.39 Å². The number of nitrogens with two attached hydrogens (primary N) is 1. The number of rotatable bonds is 3. The van der Waals surface area contributed by atoms with E-state index in [0.717, 1.165) is 6.07 Å². The number of aryl methyl sites for hydroxylation is 1. The van der Waals surface area contributed by atoms with Crippen molar-refractivity contribution < 1.29 is 23.8 Å². The molecule has 5 nitrogen and oxygen atoms in total. The Bertz CT molecular complexity index is 527. The van der Waals surface area contributed by atoms with Gasteiger partial charge in [-0.1, -0.05) is 0 Å². The Morgan fingerprint density at radius 2 is 2.16 bits per heavy atom. The molecule has 3 N–H and O–H groups in total. The minimum absolute atomic E-state index is 0.0203.